The van der Waals surface area contributed by atoms with Gasteiger partial charge in [-0.2, -0.15) is 0 Å². The minimum absolute atomic E-state index is 0.170. The van der Waals surface area contributed by atoms with E-state index in [4.69, 9.17) is 0 Å². The number of rotatable bonds is 32. The van der Waals surface area contributed by atoms with Crippen molar-refractivity contribution in [2.75, 3.05) is 55.4 Å². The van der Waals surface area contributed by atoms with Crippen molar-refractivity contribution in [2.45, 2.75) is 194 Å². The predicted molar refractivity (Wildman–Crippen MR) is 222 cm³/mol. The number of hydrogen-bond donors (Lipinski definition) is 0. The average Bonchev–Trinajstić information content (AvgIpc) is 3.08. The van der Waals surface area contributed by atoms with Crippen LogP contribution in [-0.2, 0) is 0 Å². The summed E-state index contributed by atoms with van der Waals surface area (Å²) in [6, 6.07) is 4.81. The van der Waals surface area contributed by atoms with Crippen LogP contribution in [-0.4, -0.2) is 76.3 Å². The van der Waals surface area contributed by atoms with Gasteiger partial charge in [0.2, 0.25) is 0 Å². The van der Waals surface area contributed by atoms with Crippen LogP contribution in [0.25, 0.3) is 0 Å². The highest BCUT2D eigenvalue weighted by molar-refractivity contribution is 5.91. The number of aromatic carboxylic acids is 2. The molecule has 0 aliphatic carbocycles. The zero-order valence-corrected chi connectivity index (χ0v) is 36.1. The molecule has 0 N–H and O–H groups in total. The van der Waals surface area contributed by atoms with Crippen molar-refractivity contribution >= 4 is 11.9 Å². The van der Waals surface area contributed by atoms with Crippen LogP contribution >= 0.6 is 0 Å². The summed E-state index contributed by atoms with van der Waals surface area (Å²) in [4.78, 5) is 20.5. The maximum Gasteiger partial charge on any atom is 0.0780 e. The summed E-state index contributed by atoms with van der Waals surface area (Å²) in [5, 5.41) is 20.5. The molecule has 306 valence electrons. The fourth-order valence-corrected chi connectivity index (χ4v) is 6.33. The maximum atomic E-state index is 10.3. The summed E-state index contributed by atoms with van der Waals surface area (Å²) in [5.74, 6) is -2.81. The molecule has 0 unspecified atom stereocenters. The van der Waals surface area contributed by atoms with Gasteiger partial charge in [-0.3, -0.25) is 0 Å². The molecule has 1 aromatic rings. The number of carboxylic acids is 2. The van der Waals surface area contributed by atoms with Crippen LogP contribution in [0.4, 0.5) is 0 Å². The van der Waals surface area contributed by atoms with E-state index in [0.717, 1.165) is 15.0 Å². The van der Waals surface area contributed by atoms with E-state index in [0.29, 0.717) is 0 Å². The molecule has 52 heavy (non-hydrogen) atoms. The Morgan fingerprint density at radius 3 is 0.808 bits per heavy atom. The largest absolute Gasteiger partial charge is 0.545 e. The van der Waals surface area contributed by atoms with Crippen molar-refractivity contribution in [1.82, 2.24) is 0 Å². The van der Waals surface area contributed by atoms with Crippen molar-refractivity contribution in [3.63, 3.8) is 0 Å². The molecule has 0 bridgehead atoms. The first-order valence-electron chi connectivity index (χ1n) is 21.9. The molecule has 0 spiro atoms. The molecule has 0 aliphatic rings. The van der Waals surface area contributed by atoms with Crippen LogP contribution in [0.5, 0.6) is 0 Å². The van der Waals surface area contributed by atoms with E-state index in [9.17, 15) is 19.8 Å². The van der Waals surface area contributed by atoms with Gasteiger partial charge in [0.15, 0.2) is 0 Å². The highest BCUT2D eigenvalue weighted by Gasteiger charge is 2.06. The van der Waals surface area contributed by atoms with Crippen molar-refractivity contribution in [3.8, 4) is 0 Å². The van der Waals surface area contributed by atoms with Crippen molar-refractivity contribution < 1.29 is 28.8 Å². The molecular weight excluding hydrogens is 645 g/mol. The van der Waals surface area contributed by atoms with E-state index in [-0.39, 0.29) is 11.1 Å². The Morgan fingerprint density at radius 2 is 0.615 bits per heavy atom. The predicted octanol–water partition coefficient (Wildman–Crippen LogP) is 10.8. The number of quaternary nitrogens is 2. The molecule has 0 saturated carbocycles. The number of hydrogen-bond acceptors (Lipinski definition) is 4. The molecule has 0 aromatic heterocycles. The number of benzene rings is 1. The number of carbonyl (C=O) groups is 2. The lowest BCUT2D eigenvalue weighted by Crippen LogP contribution is -2.35. The fraction of sp³-hybridized carbons (Fsp3) is 0.826. The number of carboxylic acid groups (broad SMARTS) is 2. The smallest absolute Gasteiger partial charge is 0.0780 e. The van der Waals surface area contributed by atoms with Crippen LogP contribution in [0.3, 0.4) is 0 Å². The summed E-state index contributed by atoms with van der Waals surface area (Å²) in [6.45, 7) is 7.25. The van der Waals surface area contributed by atoms with E-state index in [1.807, 2.05) is 0 Å². The van der Waals surface area contributed by atoms with Gasteiger partial charge in [0.1, 0.15) is 0 Å². The molecule has 6 nitrogen and oxygen atoms in total. The average molecular weight is 733 g/mol. The second kappa shape index (κ2) is 36.1. The van der Waals surface area contributed by atoms with Crippen molar-refractivity contribution in [1.29, 1.82) is 0 Å². The number of unbranched alkanes of at least 4 members (excludes halogenated alkanes) is 26. The van der Waals surface area contributed by atoms with Crippen molar-refractivity contribution in [3.05, 3.63) is 35.4 Å². The molecule has 1 rings (SSSR count). The van der Waals surface area contributed by atoms with Gasteiger partial charge in [0.05, 0.1) is 67.3 Å². The second-order valence-corrected chi connectivity index (χ2v) is 17.4. The van der Waals surface area contributed by atoms with Crippen LogP contribution < -0.4 is 10.2 Å². The van der Waals surface area contributed by atoms with Crippen LogP contribution in [0.2, 0.25) is 0 Å². The molecule has 1 aromatic carbocycles. The highest BCUT2D eigenvalue weighted by atomic mass is 16.4. The monoisotopic (exact) mass is 733 g/mol. The quantitative estimate of drug-likeness (QED) is 0.0546. The molecule has 0 radical (unpaired) electrons. The molecule has 0 fully saturated rings. The minimum Gasteiger partial charge on any atom is -0.545 e. The molecule has 0 atom stereocenters. The van der Waals surface area contributed by atoms with Gasteiger partial charge in [-0.15, -0.1) is 0 Å². The summed E-state index contributed by atoms with van der Waals surface area (Å²) < 4.78 is 2.25. The van der Waals surface area contributed by atoms with Crippen molar-refractivity contribution in [2.24, 2.45) is 0 Å². The Labute approximate surface area is 324 Å². The van der Waals surface area contributed by atoms with Gasteiger partial charge in [-0.1, -0.05) is 186 Å². The van der Waals surface area contributed by atoms with Gasteiger partial charge in [0.25, 0.3) is 0 Å². The Kier molecular flexibility index (Phi) is 36.2. The molecule has 0 heterocycles. The Balaban J connectivity index is 0. The van der Waals surface area contributed by atoms with E-state index in [1.54, 1.807) is 0 Å². The third-order valence-electron chi connectivity index (χ3n) is 9.70. The first-order valence-corrected chi connectivity index (χ1v) is 21.9. The number of nitrogens with zero attached hydrogens (tertiary/aromatic N) is 2. The second-order valence-electron chi connectivity index (χ2n) is 17.4. The molecular formula is C46H88N2O4. The number of carbonyl (C=O) groups excluding carboxylic acids is 2. The van der Waals surface area contributed by atoms with Gasteiger partial charge in [-0.25, -0.2) is 0 Å². The van der Waals surface area contributed by atoms with Gasteiger partial charge < -0.3 is 28.8 Å². The van der Waals surface area contributed by atoms with Gasteiger partial charge in [-0.05, 0) is 42.9 Å². The van der Waals surface area contributed by atoms with E-state index < -0.39 is 11.9 Å². The van der Waals surface area contributed by atoms with E-state index in [2.05, 4.69) is 56.1 Å². The van der Waals surface area contributed by atoms with Crippen LogP contribution in [0.15, 0.2) is 24.3 Å². The summed E-state index contributed by atoms with van der Waals surface area (Å²) >= 11 is 0. The minimum atomic E-state index is -1.40. The Hall–Kier alpha value is -1.92. The summed E-state index contributed by atoms with van der Waals surface area (Å²) in [7, 11) is 13.8. The first-order chi connectivity index (χ1) is 24.7. The lowest BCUT2D eigenvalue weighted by Gasteiger charge is -2.23. The van der Waals surface area contributed by atoms with E-state index >= 15 is 0 Å². The first kappa shape index (κ1) is 52.2. The third-order valence-corrected chi connectivity index (χ3v) is 9.70. The maximum absolute atomic E-state index is 10.3. The van der Waals surface area contributed by atoms with Crippen LogP contribution in [0.1, 0.15) is 214 Å². The fourth-order valence-electron chi connectivity index (χ4n) is 6.33. The topological polar surface area (TPSA) is 80.3 Å². The zero-order chi connectivity index (χ0) is 39.4. The van der Waals surface area contributed by atoms with E-state index in [1.165, 1.54) is 211 Å². The normalized spacial score (nSPS) is 11.4. The SMILES string of the molecule is CCCCCCCCCCCCCCCC[N+](C)(C)C.CCCCCCCCCCCCCCCC[N+](C)(C)C.O=C([O-])c1cccc(C(=O)[O-])c1. The molecule has 6 heteroatoms. The summed E-state index contributed by atoms with van der Waals surface area (Å²) in [6.07, 6.45) is 40.7. The molecule has 0 aliphatic heterocycles. The van der Waals surface area contributed by atoms with Gasteiger partial charge in [0, 0.05) is 0 Å². The molecule has 0 amide bonds. The standard InChI is InChI=1S/2C19H42N.C8H6O4/c2*1-5-6-7-8-9-10-11-12-13-14-15-16-17-18-19-20(2,3)4;9-7(10)5-2-1-3-6(4-5)8(11)12/h2*5-19H2,1-4H3;1-4H,(H,9,10)(H,11,12)/q2*+1;/p-2. The summed E-state index contributed by atoms with van der Waals surface area (Å²) in [5.41, 5.74) is -0.339. The lowest BCUT2D eigenvalue weighted by atomic mass is 10.0. The highest BCUT2D eigenvalue weighted by Crippen LogP contribution is 2.15. The Morgan fingerprint density at radius 1 is 0.404 bits per heavy atom. The molecule has 0 saturated heterocycles. The third kappa shape index (κ3) is 42.5. The lowest BCUT2D eigenvalue weighted by molar-refractivity contribution is -0.870. The van der Waals surface area contributed by atoms with Gasteiger partial charge >= 0.3 is 0 Å². The van der Waals surface area contributed by atoms with Crippen LogP contribution in [0, 0.1) is 0 Å². The Bertz CT molecular complexity index is 864. The zero-order valence-electron chi connectivity index (χ0n) is 36.1.